The number of carbonyl (C=O) groups excluding carboxylic acids is 1. The molecule has 0 N–H and O–H groups in total. The minimum Gasteiger partial charge on any atom is -0.458 e. The number of alkyl halides is 1. The van der Waals surface area contributed by atoms with E-state index in [0.717, 1.165) is 5.56 Å². The SMILES string of the molecule is CC(C)OC(=O)C1=NOC(Cl)(c2ccccc2)C1. The number of hydrogen-bond donors (Lipinski definition) is 0. The summed E-state index contributed by atoms with van der Waals surface area (Å²) in [6.45, 7) is 3.55. The van der Waals surface area contributed by atoms with Crippen LogP contribution in [0.1, 0.15) is 25.8 Å². The molecule has 0 radical (unpaired) electrons. The summed E-state index contributed by atoms with van der Waals surface area (Å²) >= 11 is 6.33. The Morgan fingerprint density at radius 2 is 2.11 bits per heavy atom. The standard InChI is InChI=1S/C13H14ClNO3/c1-9(2)17-12(16)11-8-13(14,18-15-11)10-6-4-3-5-7-10/h3-7,9H,8H2,1-2H3. The monoisotopic (exact) mass is 267 g/mol. The molecular weight excluding hydrogens is 254 g/mol. The van der Waals surface area contributed by atoms with Crippen molar-refractivity contribution in [3.05, 3.63) is 35.9 Å². The number of halogens is 1. The van der Waals surface area contributed by atoms with E-state index in [-0.39, 0.29) is 18.2 Å². The van der Waals surface area contributed by atoms with Crippen LogP contribution in [0.15, 0.2) is 35.5 Å². The fourth-order valence-electron chi connectivity index (χ4n) is 1.64. The van der Waals surface area contributed by atoms with Gasteiger partial charge < -0.3 is 9.57 Å². The minimum atomic E-state index is -1.10. The number of nitrogens with zero attached hydrogens (tertiary/aromatic N) is 1. The maximum atomic E-state index is 11.7. The zero-order valence-corrected chi connectivity index (χ0v) is 11.0. The van der Waals surface area contributed by atoms with E-state index >= 15 is 0 Å². The Kier molecular flexibility index (Phi) is 3.57. The maximum absolute atomic E-state index is 11.7. The van der Waals surface area contributed by atoms with Crippen LogP contribution in [0, 0.1) is 0 Å². The summed E-state index contributed by atoms with van der Waals surface area (Å²) in [5.74, 6) is -0.483. The van der Waals surface area contributed by atoms with E-state index in [1.807, 2.05) is 30.3 Å². The molecule has 1 aliphatic heterocycles. The Morgan fingerprint density at radius 1 is 1.44 bits per heavy atom. The van der Waals surface area contributed by atoms with Crippen molar-refractivity contribution in [3.63, 3.8) is 0 Å². The first-order valence-electron chi connectivity index (χ1n) is 5.72. The molecule has 0 fully saturated rings. The van der Waals surface area contributed by atoms with E-state index in [1.54, 1.807) is 13.8 Å². The molecule has 0 aliphatic carbocycles. The van der Waals surface area contributed by atoms with Crippen LogP contribution in [0.5, 0.6) is 0 Å². The van der Waals surface area contributed by atoms with Crippen molar-refractivity contribution in [1.82, 2.24) is 0 Å². The number of benzene rings is 1. The molecule has 1 atom stereocenters. The van der Waals surface area contributed by atoms with Gasteiger partial charge in [0.15, 0.2) is 5.71 Å². The molecule has 1 unspecified atom stereocenters. The first kappa shape index (κ1) is 12.9. The van der Waals surface area contributed by atoms with Gasteiger partial charge in [-0.1, -0.05) is 47.1 Å². The third-order valence-electron chi connectivity index (χ3n) is 2.48. The van der Waals surface area contributed by atoms with Crippen molar-refractivity contribution in [2.75, 3.05) is 0 Å². The Labute approximate surface area is 111 Å². The Bertz CT molecular complexity index is 472. The van der Waals surface area contributed by atoms with Gasteiger partial charge in [0.25, 0.3) is 0 Å². The van der Waals surface area contributed by atoms with Crippen molar-refractivity contribution in [1.29, 1.82) is 0 Å². The van der Waals surface area contributed by atoms with E-state index in [1.165, 1.54) is 0 Å². The molecule has 0 bridgehead atoms. The molecule has 0 saturated carbocycles. The topological polar surface area (TPSA) is 47.9 Å². The second-order valence-corrected chi connectivity index (χ2v) is 4.97. The average molecular weight is 268 g/mol. The summed E-state index contributed by atoms with van der Waals surface area (Å²) in [5.41, 5.74) is 0.977. The fourth-order valence-corrected chi connectivity index (χ4v) is 1.93. The lowest BCUT2D eigenvalue weighted by molar-refractivity contribution is -0.139. The van der Waals surface area contributed by atoms with Gasteiger partial charge in [-0.15, -0.1) is 0 Å². The number of ether oxygens (including phenoxy) is 1. The predicted molar refractivity (Wildman–Crippen MR) is 68.3 cm³/mol. The maximum Gasteiger partial charge on any atom is 0.356 e. The van der Waals surface area contributed by atoms with Gasteiger partial charge in [-0.3, -0.25) is 0 Å². The van der Waals surface area contributed by atoms with Gasteiger partial charge in [-0.05, 0) is 13.8 Å². The van der Waals surface area contributed by atoms with Gasteiger partial charge in [0, 0.05) is 5.56 Å². The number of esters is 1. The van der Waals surface area contributed by atoms with Gasteiger partial charge in [0.05, 0.1) is 12.5 Å². The van der Waals surface area contributed by atoms with Crippen molar-refractivity contribution in [3.8, 4) is 0 Å². The average Bonchev–Trinajstić information content (AvgIpc) is 2.74. The fraction of sp³-hybridized carbons (Fsp3) is 0.385. The van der Waals surface area contributed by atoms with Crippen LogP contribution in [0.4, 0.5) is 0 Å². The summed E-state index contributed by atoms with van der Waals surface area (Å²) in [6, 6.07) is 9.26. The third-order valence-corrected chi connectivity index (χ3v) is 2.90. The van der Waals surface area contributed by atoms with Crippen molar-refractivity contribution >= 4 is 23.3 Å². The van der Waals surface area contributed by atoms with Crippen LogP contribution >= 0.6 is 11.6 Å². The highest BCUT2D eigenvalue weighted by Gasteiger charge is 2.41. The summed E-state index contributed by atoms with van der Waals surface area (Å²) in [6.07, 6.45) is 0.00617. The minimum absolute atomic E-state index is 0.192. The molecule has 1 heterocycles. The molecule has 2 rings (SSSR count). The molecule has 0 spiro atoms. The van der Waals surface area contributed by atoms with E-state index in [0.29, 0.717) is 0 Å². The largest absolute Gasteiger partial charge is 0.458 e. The highest BCUT2D eigenvalue weighted by Crippen LogP contribution is 2.38. The molecule has 0 amide bonds. The molecule has 1 aromatic carbocycles. The van der Waals surface area contributed by atoms with Gasteiger partial charge in [0.1, 0.15) is 0 Å². The first-order chi connectivity index (χ1) is 8.51. The first-order valence-corrected chi connectivity index (χ1v) is 6.09. The van der Waals surface area contributed by atoms with Gasteiger partial charge in [-0.25, -0.2) is 4.79 Å². The van der Waals surface area contributed by atoms with Gasteiger partial charge in [-0.2, -0.15) is 0 Å². The molecule has 0 saturated heterocycles. The van der Waals surface area contributed by atoms with Crippen LogP contribution in [-0.2, 0) is 19.4 Å². The van der Waals surface area contributed by atoms with Gasteiger partial charge in [0.2, 0.25) is 5.06 Å². The van der Waals surface area contributed by atoms with Crippen LogP contribution < -0.4 is 0 Å². The van der Waals surface area contributed by atoms with Crippen LogP contribution in [0.25, 0.3) is 0 Å². The summed E-state index contributed by atoms with van der Waals surface area (Å²) in [4.78, 5) is 16.9. The van der Waals surface area contributed by atoms with Crippen LogP contribution in [0.2, 0.25) is 0 Å². The van der Waals surface area contributed by atoms with Crippen LogP contribution in [-0.4, -0.2) is 17.8 Å². The number of rotatable bonds is 3. The molecular formula is C13H14ClNO3. The van der Waals surface area contributed by atoms with E-state index in [4.69, 9.17) is 21.2 Å². The number of carbonyl (C=O) groups is 1. The van der Waals surface area contributed by atoms with Crippen molar-refractivity contribution in [2.24, 2.45) is 5.16 Å². The number of oxime groups is 1. The van der Waals surface area contributed by atoms with E-state index in [9.17, 15) is 4.79 Å². The lowest BCUT2D eigenvalue weighted by Crippen LogP contribution is -2.24. The molecule has 1 aromatic rings. The lowest BCUT2D eigenvalue weighted by Gasteiger charge is -2.18. The smallest absolute Gasteiger partial charge is 0.356 e. The predicted octanol–water partition coefficient (Wildman–Crippen LogP) is 2.81. The molecule has 0 aromatic heterocycles. The third kappa shape index (κ3) is 2.64. The van der Waals surface area contributed by atoms with E-state index in [2.05, 4.69) is 5.16 Å². The normalized spacial score (nSPS) is 22.6. The lowest BCUT2D eigenvalue weighted by atomic mass is 10.0. The molecule has 4 nitrogen and oxygen atoms in total. The van der Waals surface area contributed by atoms with Gasteiger partial charge >= 0.3 is 5.97 Å². The van der Waals surface area contributed by atoms with Crippen LogP contribution in [0.3, 0.4) is 0 Å². The second-order valence-electron chi connectivity index (χ2n) is 4.35. The molecule has 1 aliphatic rings. The molecule has 18 heavy (non-hydrogen) atoms. The molecule has 5 heteroatoms. The quantitative estimate of drug-likeness (QED) is 0.625. The van der Waals surface area contributed by atoms with Crippen molar-refractivity contribution in [2.45, 2.75) is 31.4 Å². The second kappa shape index (κ2) is 4.98. The Balaban J connectivity index is 2.09. The zero-order valence-electron chi connectivity index (χ0n) is 10.2. The Morgan fingerprint density at radius 3 is 2.72 bits per heavy atom. The number of hydrogen-bond acceptors (Lipinski definition) is 4. The van der Waals surface area contributed by atoms with E-state index < -0.39 is 11.0 Å². The highest BCUT2D eigenvalue weighted by atomic mass is 35.5. The van der Waals surface area contributed by atoms with Crippen molar-refractivity contribution < 1.29 is 14.4 Å². The zero-order chi connectivity index (χ0) is 13.2. The Hall–Kier alpha value is -1.55. The molecule has 96 valence electrons. The summed E-state index contributed by atoms with van der Waals surface area (Å²) < 4.78 is 5.05. The summed E-state index contributed by atoms with van der Waals surface area (Å²) in [5, 5.41) is 2.62. The highest BCUT2D eigenvalue weighted by molar-refractivity contribution is 6.39. The summed E-state index contributed by atoms with van der Waals surface area (Å²) in [7, 11) is 0.